The summed E-state index contributed by atoms with van der Waals surface area (Å²) < 4.78 is 39.2. The van der Waals surface area contributed by atoms with Gasteiger partial charge >= 0.3 is 0 Å². The number of nitrogens with zero attached hydrogens (tertiary/aromatic N) is 2. The molecule has 2 aliphatic rings. The highest BCUT2D eigenvalue weighted by molar-refractivity contribution is 7.14. The Morgan fingerprint density at radius 2 is 2.03 bits per heavy atom. The lowest BCUT2D eigenvalue weighted by atomic mass is 10.1. The van der Waals surface area contributed by atoms with Crippen LogP contribution in [0, 0.1) is 11.6 Å². The Bertz CT molecular complexity index is 889. The number of thiazole rings is 1. The van der Waals surface area contributed by atoms with E-state index in [1.54, 1.807) is 5.38 Å². The molecule has 2 saturated heterocycles. The van der Waals surface area contributed by atoms with E-state index < -0.39 is 18.2 Å². The smallest absolute Gasteiger partial charge is 0.258 e. The minimum atomic E-state index is -1.12. The molecule has 31 heavy (non-hydrogen) atoms. The molecule has 3 heterocycles. The standard InChI is InChI=1S/C20H24F2N4O3S.ClH/c21-15-2-1-14(16-12-30-20(25-16)26-7-9-28-10-8-26)19(18(15)22)29-11-17(27)24-13-3-5-23-6-4-13;/h1-2,12-13,23H,3-11H2,(H,24,27);1H. The average molecular weight is 475 g/mol. The van der Waals surface area contributed by atoms with Crippen LogP contribution in [0.15, 0.2) is 17.5 Å². The molecule has 2 aromatic rings. The number of aromatic nitrogens is 1. The molecule has 1 aromatic heterocycles. The van der Waals surface area contributed by atoms with Gasteiger partial charge in [0, 0.05) is 30.1 Å². The van der Waals surface area contributed by atoms with E-state index in [-0.39, 0.29) is 30.1 Å². The maximum Gasteiger partial charge on any atom is 0.258 e. The van der Waals surface area contributed by atoms with Crippen LogP contribution in [-0.2, 0) is 9.53 Å². The minimum absolute atomic E-state index is 0. The SMILES string of the molecule is Cl.O=C(COc1c(-c2csc(N3CCOCC3)n2)ccc(F)c1F)NC1CCNCC1. The Hall–Kier alpha value is -2.01. The number of amides is 1. The van der Waals surface area contributed by atoms with Gasteiger partial charge in [0.1, 0.15) is 0 Å². The molecule has 1 aromatic carbocycles. The highest BCUT2D eigenvalue weighted by atomic mass is 35.5. The quantitative estimate of drug-likeness (QED) is 0.670. The van der Waals surface area contributed by atoms with E-state index in [1.807, 2.05) is 0 Å². The number of benzene rings is 1. The van der Waals surface area contributed by atoms with Crippen LogP contribution in [0.25, 0.3) is 11.3 Å². The average Bonchev–Trinajstić information content (AvgIpc) is 3.26. The summed E-state index contributed by atoms with van der Waals surface area (Å²) in [5, 5.41) is 8.66. The van der Waals surface area contributed by atoms with E-state index >= 15 is 0 Å². The minimum Gasteiger partial charge on any atom is -0.480 e. The van der Waals surface area contributed by atoms with Crippen molar-refractivity contribution in [1.82, 2.24) is 15.6 Å². The van der Waals surface area contributed by atoms with Crippen molar-refractivity contribution in [2.45, 2.75) is 18.9 Å². The van der Waals surface area contributed by atoms with Gasteiger partial charge < -0.3 is 25.0 Å². The van der Waals surface area contributed by atoms with Gasteiger partial charge in [0.15, 0.2) is 23.3 Å². The monoisotopic (exact) mass is 474 g/mol. The summed E-state index contributed by atoms with van der Waals surface area (Å²) in [6.07, 6.45) is 1.66. The summed E-state index contributed by atoms with van der Waals surface area (Å²) in [6, 6.07) is 2.53. The van der Waals surface area contributed by atoms with Gasteiger partial charge in [0.25, 0.3) is 5.91 Å². The third-order valence-electron chi connectivity index (χ3n) is 5.15. The first-order valence-electron chi connectivity index (χ1n) is 10.0. The second kappa shape index (κ2) is 11.0. The number of hydrogen-bond acceptors (Lipinski definition) is 7. The summed E-state index contributed by atoms with van der Waals surface area (Å²) in [4.78, 5) is 18.9. The van der Waals surface area contributed by atoms with Crippen molar-refractivity contribution in [2.75, 3.05) is 50.9 Å². The van der Waals surface area contributed by atoms with Gasteiger partial charge in [-0.25, -0.2) is 9.37 Å². The lowest BCUT2D eigenvalue weighted by Gasteiger charge is -2.26. The van der Waals surface area contributed by atoms with Gasteiger partial charge in [-0.05, 0) is 38.1 Å². The predicted octanol–water partition coefficient (Wildman–Crippen LogP) is 2.59. The van der Waals surface area contributed by atoms with Crippen LogP contribution in [0.4, 0.5) is 13.9 Å². The second-order valence-electron chi connectivity index (χ2n) is 7.23. The van der Waals surface area contributed by atoms with Crippen molar-refractivity contribution in [3.05, 3.63) is 29.1 Å². The fourth-order valence-corrected chi connectivity index (χ4v) is 4.42. The van der Waals surface area contributed by atoms with Crippen LogP contribution in [0.2, 0.25) is 0 Å². The molecule has 7 nitrogen and oxygen atoms in total. The number of nitrogens with one attached hydrogen (secondary N) is 2. The number of morpholine rings is 1. The Kier molecular flexibility index (Phi) is 8.42. The first kappa shape index (κ1) is 23.6. The summed E-state index contributed by atoms with van der Waals surface area (Å²) in [5.74, 6) is -2.81. The Labute approximate surface area is 189 Å². The summed E-state index contributed by atoms with van der Waals surface area (Å²) in [7, 11) is 0. The first-order chi connectivity index (χ1) is 14.6. The number of halogens is 3. The van der Waals surface area contributed by atoms with Crippen LogP contribution in [0.3, 0.4) is 0 Å². The molecule has 4 rings (SSSR count). The van der Waals surface area contributed by atoms with Crippen LogP contribution in [0.1, 0.15) is 12.8 Å². The van der Waals surface area contributed by atoms with Crippen LogP contribution in [0.5, 0.6) is 5.75 Å². The van der Waals surface area contributed by atoms with Crippen molar-refractivity contribution < 1.29 is 23.0 Å². The maximum atomic E-state index is 14.5. The molecule has 0 unspecified atom stereocenters. The van der Waals surface area contributed by atoms with E-state index in [2.05, 4.69) is 20.5 Å². The molecule has 170 valence electrons. The zero-order chi connectivity index (χ0) is 20.9. The fourth-order valence-electron chi connectivity index (χ4n) is 3.54. The first-order valence-corrected chi connectivity index (χ1v) is 10.9. The van der Waals surface area contributed by atoms with E-state index in [1.165, 1.54) is 17.4 Å². The number of carbonyl (C=O) groups is 1. The van der Waals surface area contributed by atoms with Crippen LogP contribution >= 0.6 is 23.7 Å². The Morgan fingerprint density at radius 3 is 2.77 bits per heavy atom. The lowest BCUT2D eigenvalue weighted by Crippen LogP contribution is -2.44. The van der Waals surface area contributed by atoms with Crippen molar-refractivity contribution in [3.63, 3.8) is 0 Å². The number of ether oxygens (including phenoxy) is 2. The maximum absolute atomic E-state index is 14.5. The predicted molar refractivity (Wildman–Crippen MR) is 117 cm³/mol. The third-order valence-corrected chi connectivity index (χ3v) is 6.05. The molecule has 0 bridgehead atoms. The third kappa shape index (κ3) is 5.82. The number of anilines is 1. The topological polar surface area (TPSA) is 75.7 Å². The largest absolute Gasteiger partial charge is 0.480 e. The molecule has 1 amide bonds. The highest BCUT2D eigenvalue weighted by Gasteiger charge is 2.22. The molecule has 0 spiro atoms. The summed E-state index contributed by atoms with van der Waals surface area (Å²) in [5.41, 5.74) is 0.800. The van der Waals surface area contributed by atoms with Crippen molar-refractivity contribution in [2.24, 2.45) is 0 Å². The van der Waals surface area contributed by atoms with E-state index in [9.17, 15) is 13.6 Å². The Morgan fingerprint density at radius 1 is 1.29 bits per heavy atom. The normalized spacial score (nSPS) is 17.2. The van der Waals surface area contributed by atoms with Crippen LogP contribution in [-0.4, -0.2) is 62.9 Å². The van der Waals surface area contributed by atoms with E-state index in [4.69, 9.17) is 9.47 Å². The zero-order valence-corrected chi connectivity index (χ0v) is 18.5. The molecule has 2 fully saturated rings. The highest BCUT2D eigenvalue weighted by Crippen LogP contribution is 2.36. The van der Waals surface area contributed by atoms with Gasteiger partial charge in [-0.3, -0.25) is 4.79 Å². The van der Waals surface area contributed by atoms with Crippen molar-refractivity contribution in [1.29, 1.82) is 0 Å². The van der Waals surface area contributed by atoms with Gasteiger partial charge in [-0.2, -0.15) is 4.39 Å². The fraction of sp³-hybridized carbons (Fsp3) is 0.500. The Balaban J connectivity index is 0.00000272. The number of piperidine rings is 1. The molecule has 0 saturated carbocycles. The molecule has 2 N–H and O–H groups in total. The van der Waals surface area contributed by atoms with Crippen LogP contribution < -0.4 is 20.3 Å². The number of carbonyl (C=O) groups excluding carboxylic acids is 1. The van der Waals surface area contributed by atoms with Gasteiger partial charge in [-0.1, -0.05) is 0 Å². The summed E-state index contributed by atoms with van der Waals surface area (Å²) >= 11 is 1.42. The van der Waals surface area contributed by atoms with Crippen molar-refractivity contribution >= 4 is 34.8 Å². The number of rotatable bonds is 6. The van der Waals surface area contributed by atoms with Gasteiger partial charge in [-0.15, -0.1) is 23.7 Å². The molecular weight excluding hydrogens is 450 g/mol. The summed E-state index contributed by atoms with van der Waals surface area (Å²) in [6.45, 7) is 3.99. The second-order valence-corrected chi connectivity index (χ2v) is 8.07. The molecule has 11 heteroatoms. The molecule has 0 aliphatic carbocycles. The van der Waals surface area contributed by atoms with E-state index in [0.717, 1.165) is 50.2 Å². The van der Waals surface area contributed by atoms with Gasteiger partial charge in [0.2, 0.25) is 5.82 Å². The lowest BCUT2D eigenvalue weighted by molar-refractivity contribution is -0.124. The van der Waals surface area contributed by atoms with E-state index in [0.29, 0.717) is 24.5 Å². The molecule has 0 radical (unpaired) electrons. The number of hydrogen-bond donors (Lipinski definition) is 2. The molecule has 2 aliphatic heterocycles. The van der Waals surface area contributed by atoms with Gasteiger partial charge in [0.05, 0.1) is 18.9 Å². The van der Waals surface area contributed by atoms with Crippen molar-refractivity contribution in [3.8, 4) is 17.0 Å². The zero-order valence-electron chi connectivity index (χ0n) is 16.9. The molecule has 0 atom stereocenters. The molecular formula is C20H25ClF2N4O3S.